The van der Waals surface area contributed by atoms with Crippen LogP contribution in [0.15, 0.2) is 24.3 Å². The summed E-state index contributed by atoms with van der Waals surface area (Å²) >= 11 is 0. The van der Waals surface area contributed by atoms with Crippen LogP contribution in [0.3, 0.4) is 0 Å². The molecule has 1 rings (SSSR count). The number of carboxylic acids is 1. The molecule has 0 unspecified atom stereocenters. The Hall–Kier alpha value is -1.40. The Morgan fingerprint density at radius 1 is 1.29 bits per heavy atom. The number of aryl methyl sites for hydroxylation is 1. The standard InChI is InChI=1S/C11H15NO4S/c1-2-9-5-3-4-6-10(9)7-12-17(15,16)8-11(13)14/h3-6,12H,2,7-8H2,1H3,(H,13,14). The molecule has 0 saturated carbocycles. The third-order valence-electron chi connectivity index (χ3n) is 2.30. The molecule has 0 saturated heterocycles. The van der Waals surface area contributed by atoms with Crippen molar-refractivity contribution in [1.82, 2.24) is 4.72 Å². The minimum absolute atomic E-state index is 0.125. The van der Waals surface area contributed by atoms with Gasteiger partial charge in [-0.05, 0) is 17.5 Å². The van der Waals surface area contributed by atoms with Crippen molar-refractivity contribution in [3.05, 3.63) is 35.4 Å². The summed E-state index contributed by atoms with van der Waals surface area (Å²) in [5, 5.41) is 8.43. The Balaban J connectivity index is 2.70. The first-order valence-corrected chi connectivity index (χ1v) is 6.85. The lowest BCUT2D eigenvalue weighted by atomic mass is 10.1. The zero-order valence-corrected chi connectivity index (χ0v) is 10.3. The molecular formula is C11H15NO4S. The molecular weight excluding hydrogens is 242 g/mol. The predicted molar refractivity (Wildman–Crippen MR) is 64.1 cm³/mol. The molecule has 5 nitrogen and oxygen atoms in total. The van der Waals surface area contributed by atoms with Gasteiger partial charge < -0.3 is 5.11 Å². The third kappa shape index (κ3) is 4.54. The quantitative estimate of drug-likeness (QED) is 0.787. The van der Waals surface area contributed by atoms with E-state index >= 15 is 0 Å². The molecule has 0 fully saturated rings. The smallest absolute Gasteiger partial charge is 0.320 e. The van der Waals surface area contributed by atoms with Gasteiger partial charge in [0.2, 0.25) is 10.0 Å². The van der Waals surface area contributed by atoms with Crippen molar-refractivity contribution in [1.29, 1.82) is 0 Å². The Morgan fingerprint density at radius 3 is 2.41 bits per heavy atom. The van der Waals surface area contributed by atoms with Crippen LogP contribution in [0.25, 0.3) is 0 Å². The van der Waals surface area contributed by atoms with Crippen LogP contribution in [0.2, 0.25) is 0 Å². The fourth-order valence-corrected chi connectivity index (χ4v) is 2.28. The second kappa shape index (κ2) is 5.79. The van der Waals surface area contributed by atoms with Crippen LogP contribution in [-0.2, 0) is 27.8 Å². The van der Waals surface area contributed by atoms with E-state index in [9.17, 15) is 13.2 Å². The van der Waals surface area contributed by atoms with Crippen molar-refractivity contribution in [2.24, 2.45) is 0 Å². The van der Waals surface area contributed by atoms with Crippen molar-refractivity contribution >= 4 is 16.0 Å². The lowest BCUT2D eigenvalue weighted by molar-refractivity contribution is -0.134. The van der Waals surface area contributed by atoms with Crippen LogP contribution in [0.1, 0.15) is 18.1 Å². The molecule has 0 bridgehead atoms. The highest BCUT2D eigenvalue weighted by atomic mass is 32.2. The van der Waals surface area contributed by atoms with Gasteiger partial charge in [-0.2, -0.15) is 0 Å². The SMILES string of the molecule is CCc1ccccc1CNS(=O)(=O)CC(=O)O. The minimum atomic E-state index is -3.75. The van der Waals surface area contributed by atoms with Gasteiger partial charge in [-0.3, -0.25) is 4.79 Å². The Morgan fingerprint density at radius 2 is 1.88 bits per heavy atom. The maximum absolute atomic E-state index is 11.3. The normalized spacial score (nSPS) is 11.4. The zero-order valence-electron chi connectivity index (χ0n) is 9.51. The number of hydrogen-bond acceptors (Lipinski definition) is 3. The molecule has 1 aromatic rings. The van der Waals surface area contributed by atoms with Gasteiger partial charge in [-0.25, -0.2) is 13.1 Å². The number of nitrogens with one attached hydrogen (secondary N) is 1. The van der Waals surface area contributed by atoms with Gasteiger partial charge in [-0.1, -0.05) is 31.2 Å². The molecule has 0 spiro atoms. The molecule has 6 heteroatoms. The Bertz CT molecular complexity index is 496. The van der Waals surface area contributed by atoms with Gasteiger partial charge in [0.15, 0.2) is 5.75 Å². The summed E-state index contributed by atoms with van der Waals surface area (Å²) in [5.74, 6) is -2.26. The number of carboxylic acid groups (broad SMARTS) is 1. The van der Waals surface area contributed by atoms with E-state index in [1.165, 1.54) is 0 Å². The fourth-order valence-electron chi connectivity index (χ4n) is 1.48. The molecule has 0 aliphatic carbocycles. The number of hydrogen-bond donors (Lipinski definition) is 2. The van der Waals surface area contributed by atoms with Crippen molar-refractivity contribution in [3.63, 3.8) is 0 Å². The highest BCUT2D eigenvalue weighted by Crippen LogP contribution is 2.09. The highest BCUT2D eigenvalue weighted by Gasteiger charge is 2.15. The molecule has 0 radical (unpaired) electrons. The van der Waals surface area contributed by atoms with Crippen LogP contribution < -0.4 is 4.72 Å². The van der Waals surface area contributed by atoms with E-state index in [0.717, 1.165) is 17.5 Å². The van der Waals surface area contributed by atoms with Crippen molar-refractivity contribution in [3.8, 4) is 0 Å². The summed E-state index contributed by atoms with van der Waals surface area (Å²) in [4.78, 5) is 10.3. The molecule has 1 aromatic carbocycles. The van der Waals surface area contributed by atoms with E-state index in [2.05, 4.69) is 4.72 Å². The largest absolute Gasteiger partial charge is 0.480 e. The minimum Gasteiger partial charge on any atom is -0.480 e. The van der Waals surface area contributed by atoms with Crippen LogP contribution in [0, 0.1) is 0 Å². The predicted octanol–water partition coefficient (Wildman–Crippen LogP) is 0.753. The summed E-state index contributed by atoms with van der Waals surface area (Å²) in [6.07, 6.45) is 0.802. The molecule has 2 N–H and O–H groups in total. The van der Waals surface area contributed by atoms with E-state index in [1.54, 1.807) is 0 Å². The second-order valence-corrected chi connectivity index (χ2v) is 5.40. The van der Waals surface area contributed by atoms with E-state index < -0.39 is 21.7 Å². The summed E-state index contributed by atoms with van der Waals surface area (Å²) in [6, 6.07) is 7.44. The van der Waals surface area contributed by atoms with Crippen LogP contribution in [0.4, 0.5) is 0 Å². The molecule has 17 heavy (non-hydrogen) atoms. The highest BCUT2D eigenvalue weighted by molar-refractivity contribution is 7.90. The van der Waals surface area contributed by atoms with E-state index in [-0.39, 0.29) is 6.54 Å². The molecule has 0 atom stereocenters. The molecule has 94 valence electrons. The number of sulfonamides is 1. The lowest BCUT2D eigenvalue weighted by Gasteiger charge is -2.08. The van der Waals surface area contributed by atoms with Crippen LogP contribution in [0.5, 0.6) is 0 Å². The van der Waals surface area contributed by atoms with Crippen molar-refractivity contribution in [2.45, 2.75) is 19.9 Å². The van der Waals surface area contributed by atoms with Crippen LogP contribution >= 0.6 is 0 Å². The average molecular weight is 257 g/mol. The molecule has 0 aliphatic heterocycles. The Kier molecular flexibility index (Phi) is 4.65. The van der Waals surface area contributed by atoms with Crippen LogP contribution in [-0.4, -0.2) is 25.2 Å². The van der Waals surface area contributed by atoms with Crippen molar-refractivity contribution < 1.29 is 18.3 Å². The molecule has 0 amide bonds. The van der Waals surface area contributed by atoms with Gasteiger partial charge in [0, 0.05) is 6.54 Å². The first-order chi connectivity index (χ1) is 7.94. The third-order valence-corrected chi connectivity index (χ3v) is 3.51. The first-order valence-electron chi connectivity index (χ1n) is 5.20. The number of rotatable bonds is 6. The molecule has 0 aromatic heterocycles. The Labute approximate surface area is 101 Å². The van der Waals surface area contributed by atoms with Gasteiger partial charge in [-0.15, -0.1) is 0 Å². The van der Waals surface area contributed by atoms with Gasteiger partial charge in [0.05, 0.1) is 0 Å². The van der Waals surface area contributed by atoms with Gasteiger partial charge in [0.25, 0.3) is 0 Å². The molecule has 0 aliphatic rings. The number of benzene rings is 1. The average Bonchev–Trinajstić information content (AvgIpc) is 2.25. The fraction of sp³-hybridized carbons (Fsp3) is 0.364. The summed E-state index contributed by atoms with van der Waals surface area (Å²) in [7, 11) is -3.75. The van der Waals surface area contributed by atoms with E-state index in [0.29, 0.717) is 0 Å². The second-order valence-electron chi connectivity index (χ2n) is 3.60. The summed E-state index contributed by atoms with van der Waals surface area (Å²) < 4.78 is 24.9. The lowest BCUT2D eigenvalue weighted by Crippen LogP contribution is -2.29. The summed E-state index contributed by atoms with van der Waals surface area (Å²) in [6.45, 7) is 2.10. The summed E-state index contributed by atoms with van der Waals surface area (Å²) in [5.41, 5.74) is 1.91. The number of aliphatic carboxylic acids is 1. The topological polar surface area (TPSA) is 83.5 Å². The monoisotopic (exact) mass is 257 g/mol. The molecule has 0 heterocycles. The van der Waals surface area contributed by atoms with Crippen molar-refractivity contribution in [2.75, 3.05) is 5.75 Å². The maximum Gasteiger partial charge on any atom is 0.320 e. The van der Waals surface area contributed by atoms with E-state index in [4.69, 9.17) is 5.11 Å². The number of carbonyl (C=O) groups is 1. The van der Waals surface area contributed by atoms with Gasteiger partial charge in [0.1, 0.15) is 0 Å². The maximum atomic E-state index is 11.3. The zero-order chi connectivity index (χ0) is 12.9. The van der Waals surface area contributed by atoms with Gasteiger partial charge >= 0.3 is 5.97 Å². The first kappa shape index (κ1) is 13.7. The van der Waals surface area contributed by atoms with E-state index in [1.807, 2.05) is 31.2 Å².